The molecule has 5 heteroatoms. The van der Waals surface area contributed by atoms with Crippen LogP contribution in [0.15, 0.2) is 42.5 Å². The Labute approximate surface area is 132 Å². The van der Waals surface area contributed by atoms with Gasteiger partial charge in [-0.25, -0.2) is 0 Å². The molecule has 22 heavy (non-hydrogen) atoms. The number of rotatable bonds is 5. The predicted molar refractivity (Wildman–Crippen MR) is 91.2 cm³/mol. The molecule has 3 rings (SSSR count). The highest BCUT2D eigenvalue weighted by Crippen LogP contribution is 2.38. The second kappa shape index (κ2) is 6.19. The molecule has 3 nitrogen and oxygen atoms in total. The van der Waals surface area contributed by atoms with Gasteiger partial charge >= 0.3 is 14.0 Å². The quantitative estimate of drug-likeness (QED) is 0.820. The van der Waals surface area contributed by atoms with Gasteiger partial charge < -0.3 is 14.7 Å². The van der Waals surface area contributed by atoms with Crippen LogP contribution >= 0.6 is 0 Å². The molecule has 1 aliphatic rings. The third-order valence-electron chi connectivity index (χ3n) is 4.06. The molecule has 2 aromatic carbocycles. The lowest BCUT2D eigenvalue weighted by atomic mass is 9.56. The summed E-state index contributed by atoms with van der Waals surface area (Å²) in [5, 5.41) is 20.5. The van der Waals surface area contributed by atoms with Crippen LogP contribution in [0.25, 0.3) is 0 Å². The largest absolute Gasteiger partial charge is 0.560 e. The number of benzene rings is 2. The Morgan fingerprint density at radius 2 is 1.68 bits per heavy atom. The van der Waals surface area contributed by atoms with Crippen LogP contribution in [0.3, 0.4) is 0 Å². The molecule has 1 aliphatic carbocycles. The highest BCUT2D eigenvalue weighted by molar-refractivity contribution is 6.68. The summed E-state index contributed by atoms with van der Waals surface area (Å²) in [4.78, 5) is 0. The average Bonchev–Trinajstić information content (AvgIpc) is 3.30. The van der Waals surface area contributed by atoms with Gasteiger partial charge in [-0.15, -0.1) is 0 Å². The van der Waals surface area contributed by atoms with E-state index in [1.165, 1.54) is 0 Å². The maximum Gasteiger partial charge on any atom is 0.560 e. The minimum Gasteiger partial charge on any atom is -0.532 e. The molecule has 2 N–H and O–H groups in total. The molecule has 1 fully saturated rings. The van der Waals surface area contributed by atoms with Gasteiger partial charge in [-0.05, 0) is 48.3 Å². The smallest absolute Gasteiger partial charge is 0.532 e. The summed E-state index contributed by atoms with van der Waals surface area (Å²) in [7, 11) is -1.01. The van der Waals surface area contributed by atoms with Crippen LogP contribution in [-0.4, -0.2) is 24.1 Å². The van der Waals surface area contributed by atoms with E-state index in [4.69, 9.17) is 4.65 Å². The van der Waals surface area contributed by atoms with Crippen molar-refractivity contribution in [2.45, 2.75) is 32.5 Å². The Kier molecular flexibility index (Phi) is 4.27. The van der Waals surface area contributed by atoms with Gasteiger partial charge in [0.25, 0.3) is 0 Å². The molecule has 0 atom stereocenters. The van der Waals surface area contributed by atoms with Gasteiger partial charge in [-0.2, -0.15) is 0 Å². The first-order chi connectivity index (χ1) is 10.5. The first-order valence-electron chi connectivity index (χ1n) is 7.74. The van der Waals surface area contributed by atoms with Gasteiger partial charge in [0.2, 0.25) is 0 Å². The average molecular weight is 294 g/mol. The van der Waals surface area contributed by atoms with E-state index in [9.17, 15) is 10.0 Å². The Hall–Kier alpha value is -1.71. The van der Waals surface area contributed by atoms with Crippen molar-refractivity contribution in [3.63, 3.8) is 0 Å². The van der Waals surface area contributed by atoms with E-state index in [1.807, 2.05) is 56.3 Å². The molecule has 0 saturated heterocycles. The second-order valence-corrected chi connectivity index (χ2v) is 6.25. The van der Waals surface area contributed by atoms with Crippen molar-refractivity contribution < 1.29 is 14.7 Å². The minimum atomic E-state index is -1.01. The van der Waals surface area contributed by atoms with Crippen LogP contribution in [0.5, 0.6) is 5.75 Å². The van der Waals surface area contributed by atoms with Crippen LogP contribution < -0.4 is 15.6 Å². The van der Waals surface area contributed by atoms with Gasteiger partial charge in [0.1, 0.15) is 5.75 Å². The lowest BCUT2D eigenvalue weighted by Gasteiger charge is -2.14. The van der Waals surface area contributed by atoms with Gasteiger partial charge in [-0.1, -0.05) is 48.7 Å². The molecule has 0 bridgehead atoms. The lowest BCUT2D eigenvalue weighted by molar-refractivity contribution is 0.432. The summed E-state index contributed by atoms with van der Waals surface area (Å²) in [6, 6.07) is 13.3. The summed E-state index contributed by atoms with van der Waals surface area (Å²) in [6.07, 6.45) is 2.16. The Bertz CT molecular complexity index is 671. The third-order valence-corrected chi connectivity index (χ3v) is 4.06. The van der Waals surface area contributed by atoms with Gasteiger partial charge in [0, 0.05) is 0 Å². The maximum atomic E-state index is 10.3. The van der Waals surface area contributed by atoms with Crippen LogP contribution in [0.2, 0.25) is 5.82 Å². The van der Waals surface area contributed by atoms with Crippen molar-refractivity contribution in [3.8, 4) is 5.75 Å². The highest BCUT2D eigenvalue weighted by atomic mass is 16.5. The number of hydrogen-bond donors (Lipinski definition) is 2. The topological polar surface area (TPSA) is 49.7 Å². The summed E-state index contributed by atoms with van der Waals surface area (Å²) >= 11 is 0. The Morgan fingerprint density at radius 1 is 0.955 bits per heavy atom. The second-order valence-electron chi connectivity index (χ2n) is 6.25. The van der Waals surface area contributed by atoms with Crippen molar-refractivity contribution >= 4 is 25.0 Å². The molecule has 0 radical (unpaired) electrons. The zero-order valence-electron chi connectivity index (χ0n) is 13.0. The van der Waals surface area contributed by atoms with Gasteiger partial charge in [0.15, 0.2) is 0 Å². The first-order valence-corrected chi connectivity index (χ1v) is 7.74. The van der Waals surface area contributed by atoms with Crippen molar-refractivity contribution in [1.82, 2.24) is 0 Å². The Balaban J connectivity index is 1.79. The van der Waals surface area contributed by atoms with E-state index < -0.39 is 14.0 Å². The van der Waals surface area contributed by atoms with Crippen molar-refractivity contribution in [2.75, 3.05) is 0 Å². The molecule has 2 aromatic rings. The van der Waals surface area contributed by atoms with E-state index in [1.54, 1.807) is 0 Å². The van der Waals surface area contributed by atoms with E-state index in [0.717, 1.165) is 34.9 Å². The fraction of sp³-hybridized carbons (Fsp3) is 0.294. The third kappa shape index (κ3) is 3.54. The van der Waals surface area contributed by atoms with Crippen LogP contribution in [0.4, 0.5) is 0 Å². The fourth-order valence-electron chi connectivity index (χ4n) is 2.72. The summed E-state index contributed by atoms with van der Waals surface area (Å²) in [5.74, 6) is 0.958. The monoisotopic (exact) mass is 294 g/mol. The van der Waals surface area contributed by atoms with E-state index in [2.05, 4.69) is 0 Å². The zero-order chi connectivity index (χ0) is 15.7. The van der Waals surface area contributed by atoms with E-state index >= 15 is 0 Å². The lowest BCUT2D eigenvalue weighted by Crippen LogP contribution is -2.37. The van der Waals surface area contributed by atoms with Gasteiger partial charge in [0.05, 0.1) is 0 Å². The minimum absolute atomic E-state index is 0.372. The van der Waals surface area contributed by atoms with E-state index in [-0.39, 0.29) is 0 Å². The molecule has 0 aromatic heterocycles. The first kappa shape index (κ1) is 15.2. The number of hydrogen-bond acceptors (Lipinski definition) is 3. The molecular formula is C17H20B2O3. The zero-order valence-corrected chi connectivity index (χ0v) is 13.0. The maximum absolute atomic E-state index is 10.3. The molecular weight excluding hydrogens is 274 g/mol. The van der Waals surface area contributed by atoms with Crippen LogP contribution in [0, 0.1) is 13.8 Å². The Morgan fingerprint density at radius 3 is 2.36 bits per heavy atom. The van der Waals surface area contributed by atoms with E-state index in [0.29, 0.717) is 11.6 Å². The SMILES string of the molecule is Cc1cccc(B(O)Oc2cc(C)cc(B(O)C3CC3)c2)c1. The molecule has 0 amide bonds. The molecule has 112 valence electrons. The summed E-state index contributed by atoms with van der Waals surface area (Å²) < 4.78 is 5.67. The van der Waals surface area contributed by atoms with Crippen LogP contribution in [0.1, 0.15) is 24.0 Å². The highest BCUT2D eigenvalue weighted by Gasteiger charge is 2.35. The molecule has 0 unspecified atom stereocenters. The standard InChI is InChI=1S/C17H20B2O3/c1-12-4-3-5-15(8-12)19(21)22-17-10-13(2)9-16(11-17)18(20)14-6-7-14/h3-5,8-11,14,20-21H,6-7H2,1-2H3. The van der Waals surface area contributed by atoms with Gasteiger partial charge in [-0.3, -0.25) is 0 Å². The van der Waals surface area contributed by atoms with Crippen LogP contribution in [-0.2, 0) is 0 Å². The number of aryl methyl sites for hydroxylation is 2. The summed E-state index contributed by atoms with van der Waals surface area (Å²) in [6.45, 7) is 3.51. The van der Waals surface area contributed by atoms with Crippen molar-refractivity contribution in [2.24, 2.45) is 0 Å². The molecule has 0 spiro atoms. The molecule has 1 saturated carbocycles. The fourth-order valence-corrected chi connectivity index (χ4v) is 2.72. The van der Waals surface area contributed by atoms with Crippen molar-refractivity contribution in [1.29, 1.82) is 0 Å². The normalized spacial score (nSPS) is 13.8. The molecule has 0 heterocycles. The van der Waals surface area contributed by atoms with Crippen molar-refractivity contribution in [3.05, 3.63) is 53.6 Å². The summed E-state index contributed by atoms with van der Waals surface area (Å²) in [5.41, 5.74) is 3.69. The predicted octanol–water partition coefficient (Wildman–Crippen LogP) is 1.42. The molecule has 0 aliphatic heterocycles.